The van der Waals surface area contributed by atoms with Gasteiger partial charge in [-0.2, -0.15) is 0 Å². The molecule has 5 rings (SSSR count). The van der Waals surface area contributed by atoms with E-state index in [1.807, 2.05) is 69.8 Å². The highest BCUT2D eigenvalue weighted by atomic mass is 16.2. The Balaban J connectivity index is 1.47. The number of imidazole rings is 1. The standard InChI is InChI=1S/C24H26N4O2/c1-17-8-10-19(11-9-17)27-15-18(14-22(27)29)24-25-20-6-2-3-7-21(20)28(24)16-23(30)26-12-4-5-13-26/h2-3,6-11,18H,4-5,12-16H2,1H3. The SMILES string of the molecule is Cc1ccc(N2CC(c3nc4ccccc4n3CC(=O)N3CCCC3)CC2=O)cc1. The summed E-state index contributed by atoms with van der Waals surface area (Å²) in [5.41, 5.74) is 3.93. The Morgan fingerprint density at radius 1 is 1.07 bits per heavy atom. The van der Waals surface area contributed by atoms with Gasteiger partial charge in [-0.25, -0.2) is 4.98 Å². The molecule has 0 saturated carbocycles. The average Bonchev–Trinajstić information content (AvgIpc) is 3.48. The van der Waals surface area contributed by atoms with E-state index in [4.69, 9.17) is 4.98 Å². The molecule has 1 aromatic heterocycles. The number of benzene rings is 2. The highest BCUT2D eigenvalue weighted by molar-refractivity contribution is 5.96. The summed E-state index contributed by atoms with van der Waals surface area (Å²) in [4.78, 5) is 34.4. The number of aromatic nitrogens is 2. The van der Waals surface area contributed by atoms with E-state index >= 15 is 0 Å². The quantitative estimate of drug-likeness (QED) is 0.671. The second-order valence-electron chi connectivity index (χ2n) is 8.37. The average molecular weight is 402 g/mol. The Labute approximate surface area is 176 Å². The van der Waals surface area contributed by atoms with Crippen molar-refractivity contribution in [3.8, 4) is 0 Å². The Hall–Kier alpha value is -3.15. The van der Waals surface area contributed by atoms with Crippen LogP contribution in [0.2, 0.25) is 0 Å². The molecule has 0 N–H and O–H groups in total. The van der Waals surface area contributed by atoms with E-state index in [9.17, 15) is 9.59 Å². The minimum absolute atomic E-state index is 0.0300. The number of para-hydroxylation sites is 2. The third kappa shape index (κ3) is 3.36. The Morgan fingerprint density at radius 3 is 2.57 bits per heavy atom. The van der Waals surface area contributed by atoms with Crippen LogP contribution in [-0.4, -0.2) is 45.9 Å². The second-order valence-corrected chi connectivity index (χ2v) is 8.37. The number of carbonyl (C=O) groups excluding carboxylic acids is 2. The molecule has 0 radical (unpaired) electrons. The lowest BCUT2D eigenvalue weighted by Gasteiger charge is -2.19. The summed E-state index contributed by atoms with van der Waals surface area (Å²) >= 11 is 0. The van der Waals surface area contributed by atoms with Gasteiger partial charge in [0.1, 0.15) is 12.4 Å². The molecule has 3 aromatic rings. The van der Waals surface area contributed by atoms with Crippen molar-refractivity contribution in [2.45, 2.75) is 38.6 Å². The molecular weight excluding hydrogens is 376 g/mol. The van der Waals surface area contributed by atoms with Crippen molar-refractivity contribution in [2.75, 3.05) is 24.5 Å². The largest absolute Gasteiger partial charge is 0.341 e. The summed E-state index contributed by atoms with van der Waals surface area (Å²) in [6, 6.07) is 16.0. The van der Waals surface area contributed by atoms with Gasteiger partial charge >= 0.3 is 0 Å². The van der Waals surface area contributed by atoms with Gasteiger partial charge in [-0.05, 0) is 44.0 Å². The molecule has 6 nitrogen and oxygen atoms in total. The molecule has 0 spiro atoms. The number of anilines is 1. The van der Waals surface area contributed by atoms with Crippen LogP contribution in [0.4, 0.5) is 5.69 Å². The number of carbonyl (C=O) groups is 2. The second kappa shape index (κ2) is 7.59. The first kappa shape index (κ1) is 18.9. The number of fused-ring (bicyclic) bond motifs is 1. The maximum Gasteiger partial charge on any atom is 0.242 e. The van der Waals surface area contributed by atoms with Gasteiger partial charge in [-0.1, -0.05) is 29.8 Å². The van der Waals surface area contributed by atoms with Gasteiger partial charge in [0, 0.05) is 37.7 Å². The number of likely N-dealkylation sites (tertiary alicyclic amines) is 1. The van der Waals surface area contributed by atoms with Crippen molar-refractivity contribution in [1.29, 1.82) is 0 Å². The molecule has 0 aliphatic carbocycles. The zero-order valence-electron chi connectivity index (χ0n) is 17.3. The lowest BCUT2D eigenvalue weighted by atomic mass is 10.1. The van der Waals surface area contributed by atoms with Crippen molar-refractivity contribution < 1.29 is 9.59 Å². The summed E-state index contributed by atoms with van der Waals surface area (Å²) < 4.78 is 2.03. The molecule has 2 fully saturated rings. The van der Waals surface area contributed by atoms with Gasteiger partial charge < -0.3 is 14.4 Å². The van der Waals surface area contributed by atoms with Crippen molar-refractivity contribution in [3.63, 3.8) is 0 Å². The summed E-state index contributed by atoms with van der Waals surface area (Å²) in [6.07, 6.45) is 2.56. The zero-order chi connectivity index (χ0) is 20.7. The molecule has 2 aliphatic rings. The summed E-state index contributed by atoms with van der Waals surface area (Å²) in [7, 11) is 0. The van der Waals surface area contributed by atoms with E-state index < -0.39 is 0 Å². The lowest BCUT2D eigenvalue weighted by molar-refractivity contribution is -0.130. The fourth-order valence-electron chi connectivity index (χ4n) is 4.63. The van der Waals surface area contributed by atoms with Gasteiger partial charge in [-0.3, -0.25) is 9.59 Å². The molecule has 3 heterocycles. The molecule has 2 amide bonds. The number of rotatable bonds is 4. The Morgan fingerprint density at radius 2 is 1.80 bits per heavy atom. The zero-order valence-corrected chi connectivity index (χ0v) is 17.3. The molecule has 154 valence electrons. The number of amides is 2. The Kier molecular flexibility index (Phi) is 4.77. The molecule has 2 aliphatic heterocycles. The van der Waals surface area contributed by atoms with Gasteiger partial charge in [0.05, 0.1) is 11.0 Å². The van der Waals surface area contributed by atoms with E-state index in [2.05, 4.69) is 0 Å². The van der Waals surface area contributed by atoms with Crippen molar-refractivity contribution in [1.82, 2.24) is 14.5 Å². The summed E-state index contributed by atoms with van der Waals surface area (Å²) in [5, 5.41) is 0. The predicted molar refractivity (Wildman–Crippen MR) is 116 cm³/mol. The van der Waals surface area contributed by atoms with Crippen LogP contribution in [-0.2, 0) is 16.1 Å². The number of hydrogen-bond acceptors (Lipinski definition) is 3. The van der Waals surface area contributed by atoms with Gasteiger partial charge in [0.25, 0.3) is 0 Å². The number of hydrogen-bond donors (Lipinski definition) is 0. The molecule has 30 heavy (non-hydrogen) atoms. The monoisotopic (exact) mass is 402 g/mol. The first-order chi connectivity index (χ1) is 14.6. The molecular formula is C24H26N4O2. The van der Waals surface area contributed by atoms with Gasteiger partial charge in [0.15, 0.2) is 0 Å². The number of nitrogens with zero attached hydrogens (tertiary/aromatic N) is 4. The van der Waals surface area contributed by atoms with E-state index in [1.54, 1.807) is 0 Å². The van der Waals surface area contributed by atoms with Crippen molar-refractivity contribution in [3.05, 3.63) is 59.9 Å². The fourth-order valence-corrected chi connectivity index (χ4v) is 4.63. The highest BCUT2D eigenvalue weighted by Gasteiger charge is 2.35. The summed E-state index contributed by atoms with van der Waals surface area (Å²) in [6.45, 7) is 4.58. The topological polar surface area (TPSA) is 58.4 Å². The minimum Gasteiger partial charge on any atom is -0.341 e. The fraction of sp³-hybridized carbons (Fsp3) is 0.375. The summed E-state index contributed by atoms with van der Waals surface area (Å²) in [5.74, 6) is 1.05. The third-order valence-corrected chi connectivity index (χ3v) is 6.27. The molecule has 1 atom stereocenters. The van der Waals surface area contributed by atoms with E-state index in [0.717, 1.165) is 48.5 Å². The highest BCUT2D eigenvalue weighted by Crippen LogP contribution is 2.33. The van der Waals surface area contributed by atoms with Crippen molar-refractivity contribution >= 4 is 28.5 Å². The lowest BCUT2D eigenvalue weighted by Crippen LogP contribution is -2.32. The maximum atomic E-state index is 12.9. The number of aryl methyl sites for hydroxylation is 1. The third-order valence-electron chi connectivity index (χ3n) is 6.27. The molecule has 0 bridgehead atoms. The van der Waals surface area contributed by atoms with Crippen LogP contribution in [0.1, 0.15) is 36.6 Å². The van der Waals surface area contributed by atoms with Crippen LogP contribution in [0, 0.1) is 6.92 Å². The molecule has 1 unspecified atom stereocenters. The Bertz CT molecular complexity index is 1100. The van der Waals surface area contributed by atoms with Crippen LogP contribution < -0.4 is 4.90 Å². The van der Waals surface area contributed by atoms with Gasteiger partial charge in [0.2, 0.25) is 11.8 Å². The molecule has 2 saturated heterocycles. The van der Waals surface area contributed by atoms with Crippen LogP contribution in [0.5, 0.6) is 0 Å². The first-order valence-electron chi connectivity index (χ1n) is 10.7. The maximum absolute atomic E-state index is 12.9. The van der Waals surface area contributed by atoms with E-state index in [1.165, 1.54) is 5.56 Å². The van der Waals surface area contributed by atoms with Crippen LogP contribution >= 0.6 is 0 Å². The molecule has 6 heteroatoms. The van der Waals surface area contributed by atoms with E-state index in [-0.39, 0.29) is 24.3 Å². The normalized spacial score (nSPS) is 19.2. The van der Waals surface area contributed by atoms with Crippen molar-refractivity contribution in [2.24, 2.45) is 0 Å². The van der Waals surface area contributed by atoms with Gasteiger partial charge in [-0.15, -0.1) is 0 Å². The van der Waals surface area contributed by atoms with Crippen LogP contribution in [0.3, 0.4) is 0 Å². The smallest absolute Gasteiger partial charge is 0.242 e. The minimum atomic E-state index is -0.0300. The molecule has 2 aromatic carbocycles. The van der Waals surface area contributed by atoms with E-state index in [0.29, 0.717) is 13.0 Å². The first-order valence-corrected chi connectivity index (χ1v) is 10.7. The van der Waals surface area contributed by atoms with Crippen LogP contribution in [0.15, 0.2) is 48.5 Å². The predicted octanol–water partition coefficient (Wildman–Crippen LogP) is 3.49. The van der Waals surface area contributed by atoms with Crippen LogP contribution in [0.25, 0.3) is 11.0 Å².